The Hall–Kier alpha value is -1.07. The summed E-state index contributed by atoms with van der Waals surface area (Å²) in [5.41, 5.74) is 2.14. The summed E-state index contributed by atoms with van der Waals surface area (Å²) in [4.78, 5) is 0.369. The number of fused-ring (bicyclic) bond motifs is 1. The summed E-state index contributed by atoms with van der Waals surface area (Å²) in [6, 6.07) is 5.68. The van der Waals surface area contributed by atoms with Crippen molar-refractivity contribution < 1.29 is 8.42 Å². The highest BCUT2D eigenvalue weighted by atomic mass is 32.2. The predicted octanol–water partition coefficient (Wildman–Crippen LogP) is 2.12. The normalized spacial score (nSPS) is 18.4. The van der Waals surface area contributed by atoms with Crippen LogP contribution in [-0.4, -0.2) is 21.0 Å². The second-order valence-electron chi connectivity index (χ2n) is 4.82. The molecule has 100 valence electrons. The van der Waals surface area contributed by atoms with Crippen LogP contribution in [0.2, 0.25) is 0 Å². The molecule has 0 amide bonds. The lowest BCUT2D eigenvalue weighted by Crippen LogP contribution is -2.24. The summed E-state index contributed by atoms with van der Waals surface area (Å²) in [7, 11) is -3.35. The monoisotopic (exact) mass is 268 g/mol. The zero-order valence-electron chi connectivity index (χ0n) is 10.9. The van der Waals surface area contributed by atoms with Crippen molar-refractivity contribution in [2.75, 3.05) is 11.9 Å². The lowest BCUT2D eigenvalue weighted by atomic mass is 10.1. The Morgan fingerprint density at radius 2 is 2.22 bits per heavy atom. The average Bonchev–Trinajstić information content (AvgIpc) is 2.68. The van der Waals surface area contributed by atoms with E-state index < -0.39 is 10.0 Å². The van der Waals surface area contributed by atoms with Gasteiger partial charge in [0.1, 0.15) is 0 Å². The number of hydrogen-bond donors (Lipinski definition) is 2. The molecule has 0 saturated carbocycles. The average molecular weight is 268 g/mol. The first kappa shape index (κ1) is 13.4. The van der Waals surface area contributed by atoms with Gasteiger partial charge in [-0.15, -0.1) is 0 Å². The van der Waals surface area contributed by atoms with Crippen LogP contribution in [0, 0.1) is 0 Å². The maximum atomic E-state index is 12.1. The third-order valence-corrected chi connectivity index (χ3v) is 4.60. The van der Waals surface area contributed by atoms with Crippen LogP contribution >= 0.6 is 0 Å². The maximum absolute atomic E-state index is 12.1. The van der Waals surface area contributed by atoms with Gasteiger partial charge in [0.15, 0.2) is 0 Å². The van der Waals surface area contributed by atoms with Gasteiger partial charge in [-0.25, -0.2) is 13.1 Å². The Balaban J connectivity index is 2.17. The van der Waals surface area contributed by atoms with E-state index in [1.54, 1.807) is 12.1 Å². The van der Waals surface area contributed by atoms with E-state index >= 15 is 0 Å². The first-order valence-electron chi connectivity index (χ1n) is 6.42. The minimum atomic E-state index is -3.35. The summed E-state index contributed by atoms with van der Waals surface area (Å²) in [5, 5.41) is 3.31. The van der Waals surface area contributed by atoms with Gasteiger partial charge >= 0.3 is 0 Å². The highest BCUT2D eigenvalue weighted by Crippen LogP contribution is 2.27. The van der Waals surface area contributed by atoms with Crippen molar-refractivity contribution in [1.29, 1.82) is 0 Å². The van der Waals surface area contributed by atoms with Crippen LogP contribution in [0.25, 0.3) is 0 Å². The van der Waals surface area contributed by atoms with Crippen LogP contribution in [0.5, 0.6) is 0 Å². The molecule has 1 atom stereocenters. The summed E-state index contributed by atoms with van der Waals surface area (Å²) in [6.07, 6.45) is 2.73. The van der Waals surface area contributed by atoms with Crippen molar-refractivity contribution >= 4 is 15.7 Å². The van der Waals surface area contributed by atoms with E-state index in [0.717, 1.165) is 30.5 Å². The number of rotatable bonds is 5. The van der Waals surface area contributed by atoms with Crippen molar-refractivity contribution in [2.45, 2.75) is 44.0 Å². The van der Waals surface area contributed by atoms with Crippen LogP contribution in [0.3, 0.4) is 0 Å². The molecule has 0 aromatic heterocycles. The molecule has 2 rings (SSSR count). The first-order chi connectivity index (χ1) is 8.53. The molecule has 0 saturated heterocycles. The molecule has 0 unspecified atom stereocenters. The Labute approximate surface area is 109 Å². The van der Waals surface area contributed by atoms with Crippen LogP contribution in [0.4, 0.5) is 5.69 Å². The number of hydrogen-bond acceptors (Lipinski definition) is 3. The quantitative estimate of drug-likeness (QED) is 0.804. The molecule has 1 aromatic rings. The molecule has 1 aliphatic rings. The zero-order valence-corrected chi connectivity index (χ0v) is 11.7. The molecule has 5 heteroatoms. The van der Waals surface area contributed by atoms with E-state index in [4.69, 9.17) is 0 Å². The molecule has 1 heterocycles. The largest absolute Gasteiger partial charge is 0.382 e. The number of unbranched alkanes of at least 4 members (excludes halogenated alkanes) is 1. The molecule has 0 spiro atoms. The van der Waals surface area contributed by atoms with E-state index in [1.165, 1.54) is 0 Å². The summed E-state index contributed by atoms with van der Waals surface area (Å²) >= 11 is 0. The van der Waals surface area contributed by atoms with Gasteiger partial charge in [0.2, 0.25) is 10.0 Å². The fourth-order valence-electron chi connectivity index (χ4n) is 2.16. The summed E-state index contributed by atoms with van der Waals surface area (Å²) in [5.74, 6) is 0. The minimum absolute atomic E-state index is 0.369. The molecule has 1 aliphatic heterocycles. The van der Waals surface area contributed by atoms with Crippen LogP contribution in [0.1, 0.15) is 32.3 Å². The third-order valence-electron chi connectivity index (χ3n) is 3.14. The lowest BCUT2D eigenvalue weighted by molar-refractivity contribution is 0.578. The Morgan fingerprint density at radius 3 is 2.94 bits per heavy atom. The Bertz CT molecular complexity index is 526. The lowest BCUT2D eigenvalue weighted by Gasteiger charge is -2.07. The third kappa shape index (κ3) is 2.84. The smallest absolute Gasteiger partial charge is 0.240 e. The summed E-state index contributed by atoms with van der Waals surface area (Å²) in [6.45, 7) is 4.63. The van der Waals surface area contributed by atoms with Crippen molar-refractivity contribution in [3.8, 4) is 0 Å². The maximum Gasteiger partial charge on any atom is 0.240 e. The fraction of sp³-hybridized carbons (Fsp3) is 0.538. The second kappa shape index (κ2) is 5.28. The van der Waals surface area contributed by atoms with E-state index in [0.29, 0.717) is 17.5 Å². The molecule has 0 bridgehead atoms. The highest BCUT2D eigenvalue weighted by Gasteiger charge is 2.20. The molecule has 0 fully saturated rings. The van der Waals surface area contributed by atoms with Crippen LogP contribution in [-0.2, 0) is 16.4 Å². The predicted molar refractivity (Wildman–Crippen MR) is 73.3 cm³/mol. The van der Waals surface area contributed by atoms with Crippen molar-refractivity contribution in [1.82, 2.24) is 4.72 Å². The van der Waals surface area contributed by atoms with Crippen LogP contribution < -0.4 is 10.0 Å². The van der Waals surface area contributed by atoms with Gasteiger partial charge in [0.05, 0.1) is 4.90 Å². The van der Waals surface area contributed by atoms with Gasteiger partial charge in [-0.2, -0.15) is 0 Å². The van der Waals surface area contributed by atoms with Crippen LogP contribution in [0.15, 0.2) is 23.1 Å². The Kier molecular flexibility index (Phi) is 3.92. The number of sulfonamides is 1. The molecule has 2 N–H and O–H groups in total. The van der Waals surface area contributed by atoms with E-state index in [9.17, 15) is 8.42 Å². The topological polar surface area (TPSA) is 58.2 Å². The summed E-state index contributed by atoms with van der Waals surface area (Å²) < 4.78 is 26.7. The molecule has 18 heavy (non-hydrogen) atoms. The first-order valence-corrected chi connectivity index (χ1v) is 7.90. The van der Waals surface area contributed by atoms with E-state index in [1.807, 2.05) is 13.0 Å². The SMILES string of the molecule is CCCCNS(=O)(=O)c1ccc2c(c1)C[C@H](C)N2. The van der Waals surface area contributed by atoms with Crippen molar-refractivity contribution in [2.24, 2.45) is 0 Å². The standard InChI is InChI=1S/C13H20N2O2S/c1-3-4-7-14-18(16,17)12-5-6-13-11(9-12)8-10(2)15-13/h5-6,9-10,14-15H,3-4,7-8H2,1-2H3/t10-/m0/s1. The number of benzene rings is 1. The molecule has 0 radical (unpaired) electrons. The molecule has 4 nitrogen and oxygen atoms in total. The second-order valence-corrected chi connectivity index (χ2v) is 6.59. The van der Waals surface area contributed by atoms with Gasteiger partial charge in [-0.3, -0.25) is 0 Å². The molecule has 0 aliphatic carbocycles. The van der Waals surface area contributed by atoms with Gasteiger partial charge < -0.3 is 5.32 Å². The minimum Gasteiger partial charge on any atom is -0.382 e. The number of nitrogens with one attached hydrogen (secondary N) is 2. The molecular weight excluding hydrogens is 248 g/mol. The Morgan fingerprint density at radius 1 is 1.44 bits per heavy atom. The van der Waals surface area contributed by atoms with Gasteiger partial charge in [0.25, 0.3) is 0 Å². The molecule has 1 aromatic carbocycles. The van der Waals surface area contributed by atoms with Gasteiger partial charge in [-0.05, 0) is 43.5 Å². The highest BCUT2D eigenvalue weighted by molar-refractivity contribution is 7.89. The fourth-order valence-corrected chi connectivity index (χ4v) is 3.28. The van der Waals surface area contributed by atoms with E-state index in [-0.39, 0.29) is 0 Å². The number of anilines is 1. The van der Waals surface area contributed by atoms with E-state index in [2.05, 4.69) is 17.0 Å². The molecular formula is C13H20N2O2S. The van der Waals surface area contributed by atoms with Crippen molar-refractivity contribution in [3.63, 3.8) is 0 Å². The zero-order chi connectivity index (χ0) is 13.2. The van der Waals surface area contributed by atoms with Gasteiger partial charge in [0, 0.05) is 18.3 Å². The van der Waals surface area contributed by atoms with Gasteiger partial charge in [-0.1, -0.05) is 13.3 Å². The van der Waals surface area contributed by atoms with Crippen molar-refractivity contribution in [3.05, 3.63) is 23.8 Å².